The fourth-order valence-corrected chi connectivity index (χ4v) is 3.39. The van der Waals surface area contributed by atoms with Crippen LogP contribution in [0.25, 0.3) is 0 Å². The van der Waals surface area contributed by atoms with E-state index in [-0.39, 0.29) is 11.9 Å². The Labute approximate surface area is 116 Å². The highest BCUT2D eigenvalue weighted by atomic mass is 35.5. The average molecular weight is 288 g/mol. The van der Waals surface area contributed by atoms with E-state index in [0.29, 0.717) is 10.8 Å². The molecule has 0 radical (unpaired) electrons. The number of carbonyl (C=O) groups is 1. The van der Waals surface area contributed by atoms with Crippen molar-refractivity contribution >= 4 is 29.0 Å². The van der Waals surface area contributed by atoms with Crippen LogP contribution >= 0.6 is 23.1 Å². The van der Waals surface area contributed by atoms with Crippen molar-refractivity contribution in [2.75, 3.05) is 12.4 Å². The maximum absolute atomic E-state index is 12.5. The minimum absolute atomic E-state index is 0.0941. The normalized spacial score (nSPS) is 20.1. The Bertz CT molecular complexity index is 408. The molecule has 1 aliphatic heterocycles. The first-order valence-electron chi connectivity index (χ1n) is 6.46. The van der Waals surface area contributed by atoms with Crippen LogP contribution in [0.4, 0.5) is 0 Å². The number of piperidine rings is 1. The van der Waals surface area contributed by atoms with Gasteiger partial charge in [-0.3, -0.25) is 4.79 Å². The Balaban J connectivity index is 2.15. The Morgan fingerprint density at radius 3 is 3.11 bits per heavy atom. The van der Waals surface area contributed by atoms with Gasteiger partial charge in [0.25, 0.3) is 5.91 Å². The summed E-state index contributed by atoms with van der Waals surface area (Å²) in [5, 5.41) is 4.02. The van der Waals surface area contributed by atoms with Crippen molar-refractivity contribution in [2.45, 2.75) is 45.1 Å². The molecule has 1 aromatic rings. The van der Waals surface area contributed by atoms with Crippen molar-refractivity contribution in [1.82, 2.24) is 14.5 Å². The number of nitrogens with zero attached hydrogens (tertiary/aromatic N) is 3. The minimum atomic E-state index is 0.0941. The molecule has 1 saturated heterocycles. The molecule has 1 aromatic heterocycles. The number of halogens is 1. The molecule has 2 rings (SSSR count). The van der Waals surface area contributed by atoms with E-state index in [9.17, 15) is 4.79 Å². The number of aryl methyl sites for hydroxylation is 1. The van der Waals surface area contributed by atoms with Gasteiger partial charge in [0.2, 0.25) is 0 Å². The van der Waals surface area contributed by atoms with Gasteiger partial charge in [0, 0.05) is 18.5 Å². The first-order valence-corrected chi connectivity index (χ1v) is 7.76. The van der Waals surface area contributed by atoms with Crippen molar-refractivity contribution in [2.24, 2.45) is 0 Å². The number of amides is 1. The highest BCUT2D eigenvalue weighted by molar-refractivity contribution is 7.08. The third-order valence-electron chi connectivity index (χ3n) is 3.42. The summed E-state index contributed by atoms with van der Waals surface area (Å²) in [4.78, 5) is 15.2. The van der Waals surface area contributed by atoms with E-state index in [4.69, 9.17) is 11.6 Å². The molecule has 1 atom stereocenters. The number of carbonyl (C=O) groups excluding carboxylic acids is 1. The lowest BCUT2D eigenvalue weighted by Gasteiger charge is -2.35. The molecule has 100 valence electrons. The highest BCUT2D eigenvalue weighted by Gasteiger charge is 2.29. The second-order valence-electron chi connectivity index (χ2n) is 4.53. The zero-order valence-corrected chi connectivity index (χ0v) is 12.1. The molecule has 1 aliphatic rings. The second-order valence-corrected chi connectivity index (χ2v) is 5.66. The van der Waals surface area contributed by atoms with Crippen LogP contribution in [0.3, 0.4) is 0 Å². The summed E-state index contributed by atoms with van der Waals surface area (Å²) in [5.74, 6) is 0.701. The van der Waals surface area contributed by atoms with Crippen LogP contribution in [0.1, 0.15) is 48.0 Å². The van der Waals surface area contributed by atoms with Gasteiger partial charge >= 0.3 is 0 Å². The SMILES string of the molecule is CCc1nnsc1C(=O)N1CCCCC1CCCl. The van der Waals surface area contributed by atoms with Gasteiger partial charge in [0.05, 0.1) is 5.69 Å². The van der Waals surface area contributed by atoms with Gasteiger partial charge in [-0.05, 0) is 43.6 Å². The molecule has 0 N–H and O–H groups in total. The van der Waals surface area contributed by atoms with Gasteiger partial charge in [-0.1, -0.05) is 11.4 Å². The van der Waals surface area contributed by atoms with Crippen molar-refractivity contribution in [3.8, 4) is 0 Å². The zero-order chi connectivity index (χ0) is 13.0. The molecule has 0 aromatic carbocycles. The van der Waals surface area contributed by atoms with E-state index >= 15 is 0 Å². The van der Waals surface area contributed by atoms with E-state index in [1.165, 1.54) is 18.0 Å². The van der Waals surface area contributed by atoms with Crippen LogP contribution < -0.4 is 0 Å². The van der Waals surface area contributed by atoms with Gasteiger partial charge in [0.1, 0.15) is 4.88 Å². The quantitative estimate of drug-likeness (QED) is 0.800. The van der Waals surface area contributed by atoms with Gasteiger partial charge in [-0.25, -0.2) is 0 Å². The van der Waals surface area contributed by atoms with Crippen molar-refractivity contribution < 1.29 is 4.79 Å². The summed E-state index contributed by atoms with van der Waals surface area (Å²) in [6, 6.07) is 0.288. The summed E-state index contributed by atoms with van der Waals surface area (Å²) in [5.41, 5.74) is 0.820. The molecular weight excluding hydrogens is 270 g/mol. The molecule has 0 spiro atoms. The first kappa shape index (κ1) is 13.7. The fraction of sp³-hybridized carbons (Fsp3) is 0.750. The van der Waals surface area contributed by atoms with Gasteiger partial charge in [-0.15, -0.1) is 16.7 Å². The highest BCUT2D eigenvalue weighted by Crippen LogP contribution is 2.24. The van der Waals surface area contributed by atoms with E-state index in [0.717, 1.165) is 37.9 Å². The molecule has 0 saturated carbocycles. The third-order valence-corrected chi connectivity index (χ3v) is 4.39. The molecule has 18 heavy (non-hydrogen) atoms. The third kappa shape index (κ3) is 2.83. The second kappa shape index (κ2) is 6.48. The summed E-state index contributed by atoms with van der Waals surface area (Å²) in [6.07, 6.45) is 4.96. The van der Waals surface area contributed by atoms with Crippen LogP contribution in [0.2, 0.25) is 0 Å². The molecule has 0 bridgehead atoms. The summed E-state index contributed by atoms with van der Waals surface area (Å²) >= 11 is 7.04. The van der Waals surface area contributed by atoms with Crippen LogP contribution in [0.5, 0.6) is 0 Å². The van der Waals surface area contributed by atoms with Crippen LogP contribution in [-0.4, -0.2) is 38.9 Å². The Morgan fingerprint density at radius 2 is 2.39 bits per heavy atom. The van der Waals surface area contributed by atoms with Gasteiger partial charge in [0.15, 0.2) is 0 Å². The number of hydrogen-bond acceptors (Lipinski definition) is 4. The van der Waals surface area contributed by atoms with Crippen molar-refractivity contribution in [1.29, 1.82) is 0 Å². The Kier molecular flexibility index (Phi) is 4.95. The van der Waals surface area contributed by atoms with E-state index in [1.54, 1.807) is 0 Å². The number of hydrogen-bond donors (Lipinski definition) is 0. The van der Waals surface area contributed by atoms with E-state index in [1.807, 2.05) is 11.8 Å². The minimum Gasteiger partial charge on any atom is -0.335 e. The predicted octanol–water partition coefficient (Wildman–Crippen LogP) is 2.72. The standard InChI is InChI=1S/C12H18ClN3OS/c1-2-10-11(18-15-14-10)12(17)16-8-4-3-5-9(16)6-7-13/h9H,2-8H2,1H3. The smallest absolute Gasteiger partial charge is 0.267 e. The monoisotopic (exact) mass is 287 g/mol. The van der Waals surface area contributed by atoms with Gasteiger partial charge < -0.3 is 4.90 Å². The molecule has 2 heterocycles. The molecule has 0 aliphatic carbocycles. The molecule has 1 amide bonds. The summed E-state index contributed by atoms with van der Waals surface area (Å²) < 4.78 is 3.90. The molecule has 4 nitrogen and oxygen atoms in total. The van der Waals surface area contributed by atoms with Crippen molar-refractivity contribution in [3.63, 3.8) is 0 Å². The average Bonchev–Trinajstić information content (AvgIpc) is 2.87. The fourth-order valence-electron chi connectivity index (χ4n) is 2.43. The topological polar surface area (TPSA) is 46.1 Å². The lowest BCUT2D eigenvalue weighted by Crippen LogP contribution is -2.44. The molecular formula is C12H18ClN3OS. The Hall–Kier alpha value is -0.680. The summed E-state index contributed by atoms with van der Waals surface area (Å²) in [7, 11) is 0. The Morgan fingerprint density at radius 1 is 1.56 bits per heavy atom. The number of likely N-dealkylation sites (tertiary alicyclic amines) is 1. The van der Waals surface area contributed by atoms with Crippen LogP contribution in [-0.2, 0) is 6.42 Å². The maximum Gasteiger partial charge on any atom is 0.267 e. The summed E-state index contributed by atoms with van der Waals surface area (Å²) in [6.45, 7) is 2.83. The van der Waals surface area contributed by atoms with Crippen molar-refractivity contribution in [3.05, 3.63) is 10.6 Å². The lowest BCUT2D eigenvalue weighted by atomic mass is 9.99. The van der Waals surface area contributed by atoms with Gasteiger partial charge in [-0.2, -0.15) is 0 Å². The molecule has 1 unspecified atom stereocenters. The largest absolute Gasteiger partial charge is 0.335 e. The zero-order valence-electron chi connectivity index (χ0n) is 10.6. The molecule has 6 heteroatoms. The number of rotatable bonds is 4. The van der Waals surface area contributed by atoms with E-state index < -0.39 is 0 Å². The lowest BCUT2D eigenvalue weighted by molar-refractivity contribution is 0.0613. The predicted molar refractivity (Wildman–Crippen MR) is 73.3 cm³/mol. The number of alkyl halides is 1. The first-order chi connectivity index (χ1) is 8.77. The van der Waals surface area contributed by atoms with Crippen LogP contribution in [0.15, 0.2) is 0 Å². The molecule has 1 fully saturated rings. The number of aromatic nitrogens is 2. The van der Waals surface area contributed by atoms with Crippen LogP contribution in [0, 0.1) is 0 Å². The maximum atomic E-state index is 12.5. The van der Waals surface area contributed by atoms with E-state index in [2.05, 4.69) is 9.59 Å².